The number of halogens is 1. The third-order valence-corrected chi connectivity index (χ3v) is 4.81. The maximum Gasteiger partial charge on any atom is 0.193 e. The molecule has 1 saturated heterocycles. The summed E-state index contributed by atoms with van der Waals surface area (Å²) in [6.45, 7) is 9.95. The van der Waals surface area contributed by atoms with Crippen molar-refractivity contribution in [2.45, 2.75) is 58.7 Å². The molecule has 1 atom stereocenters. The summed E-state index contributed by atoms with van der Waals surface area (Å²) in [7, 11) is 0. The van der Waals surface area contributed by atoms with Crippen molar-refractivity contribution >= 4 is 27.8 Å². The smallest absolute Gasteiger partial charge is 0.193 e. The third-order valence-electron chi connectivity index (χ3n) is 4.31. The molecule has 0 aromatic heterocycles. The highest BCUT2D eigenvalue weighted by atomic mass is 79.9. The number of ketones is 1. The summed E-state index contributed by atoms with van der Waals surface area (Å²) in [5.41, 5.74) is 1.85. The molecule has 114 valence electrons. The van der Waals surface area contributed by atoms with E-state index in [9.17, 15) is 4.79 Å². The number of carbonyl (C=O) groups is 1. The van der Waals surface area contributed by atoms with E-state index < -0.39 is 11.2 Å². The van der Waals surface area contributed by atoms with Gasteiger partial charge in [-0.05, 0) is 62.9 Å². The van der Waals surface area contributed by atoms with Crippen molar-refractivity contribution in [3.63, 3.8) is 0 Å². The summed E-state index contributed by atoms with van der Waals surface area (Å²) in [6.07, 6.45) is 3.63. The van der Waals surface area contributed by atoms with Crippen molar-refractivity contribution in [3.8, 4) is 0 Å². The number of benzene rings is 1. The minimum absolute atomic E-state index is 0.111. The van der Waals surface area contributed by atoms with E-state index in [1.54, 1.807) is 0 Å². The number of Topliss-reactive ketones (excluding diaryl/α,β-unsaturated/α-hetero) is 1. The third kappa shape index (κ3) is 3.00. The van der Waals surface area contributed by atoms with Crippen LogP contribution in [0.1, 0.15) is 52.2 Å². The van der Waals surface area contributed by atoms with Gasteiger partial charge >= 0.3 is 0 Å². The molecule has 1 heterocycles. The molecule has 3 heteroatoms. The fourth-order valence-corrected chi connectivity index (χ4v) is 3.28. The number of rotatable bonds is 3. The molecule has 1 fully saturated rings. The van der Waals surface area contributed by atoms with Crippen LogP contribution < -0.4 is 0 Å². The van der Waals surface area contributed by atoms with Gasteiger partial charge in [0.15, 0.2) is 5.78 Å². The molecule has 0 bridgehead atoms. The molecule has 0 amide bonds. The average molecular weight is 351 g/mol. The fourth-order valence-electron chi connectivity index (χ4n) is 2.87. The molecular formula is C18H23BrO2. The SMILES string of the molecule is CCc1cc(Br)ccc1/C=C1/C(=O)C(C)(CC)OC1(C)C. The van der Waals surface area contributed by atoms with Gasteiger partial charge < -0.3 is 4.74 Å². The number of hydrogen-bond donors (Lipinski definition) is 0. The molecule has 2 nitrogen and oxygen atoms in total. The van der Waals surface area contributed by atoms with E-state index in [0.29, 0.717) is 6.42 Å². The predicted molar refractivity (Wildman–Crippen MR) is 90.4 cm³/mol. The van der Waals surface area contributed by atoms with Gasteiger partial charge in [-0.2, -0.15) is 0 Å². The lowest BCUT2D eigenvalue weighted by atomic mass is 9.88. The number of carbonyl (C=O) groups excluding carboxylic acids is 1. The van der Waals surface area contributed by atoms with Crippen LogP contribution >= 0.6 is 15.9 Å². The minimum atomic E-state index is -0.697. The maximum absolute atomic E-state index is 12.7. The molecule has 1 aliphatic heterocycles. The van der Waals surface area contributed by atoms with Crippen LogP contribution in [0, 0.1) is 0 Å². The van der Waals surface area contributed by atoms with E-state index in [2.05, 4.69) is 35.0 Å². The number of hydrogen-bond acceptors (Lipinski definition) is 2. The Bertz CT molecular complexity index is 601. The Morgan fingerprint density at radius 1 is 1.24 bits per heavy atom. The van der Waals surface area contributed by atoms with Gasteiger partial charge in [-0.25, -0.2) is 0 Å². The van der Waals surface area contributed by atoms with E-state index >= 15 is 0 Å². The molecule has 1 aromatic carbocycles. The zero-order valence-corrected chi connectivity index (χ0v) is 15.0. The Morgan fingerprint density at radius 2 is 1.90 bits per heavy atom. The van der Waals surface area contributed by atoms with Crippen LogP contribution in [-0.4, -0.2) is 17.0 Å². The second-order valence-electron chi connectivity index (χ2n) is 6.28. The summed E-state index contributed by atoms with van der Waals surface area (Å²) in [6, 6.07) is 6.18. The van der Waals surface area contributed by atoms with Gasteiger partial charge in [-0.3, -0.25) is 4.79 Å². The average Bonchev–Trinajstić information content (AvgIpc) is 2.60. The topological polar surface area (TPSA) is 26.3 Å². The molecule has 2 rings (SSSR count). The van der Waals surface area contributed by atoms with Crippen molar-refractivity contribution in [3.05, 3.63) is 39.4 Å². The van der Waals surface area contributed by atoms with Crippen molar-refractivity contribution in [1.29, 1.82) is 0 Å². The second-order valence-corrected chi connectivity index (χ2v) is 7.20. The lowest BCUT2D eigenvalue weighted by molar-refractivity contribution is -0.135. The molecular weight excluding hydrogens is 328 g/mol. The first-order valence-electron chi connectivity index (χ1n) is 7.49. The molecule has 1 aromatic rings. The molecule has 0 aliphatic carbocycles. The van der Waals surface area contributed by atoms with Gasteiger partial charge in [-0.1, -0.05) is 35.8 Å². The van der Waals surface area contributed by atoms with Gasteiger partial charge in [-0.15, -0.1) is 0 Å². The van der Waals surface area contributed by atoms with Crippen LogP contribution in [0.15, 0.2) is 28.2 Å². The molecule has 21 heavy (non-hydrogen) atoms. The molecule has 1 unspecified atom stereocenters. The van der Waals surface area contributed by atoms with Crippen LogP contribution in [0.3, 0.4) is 0 Å². The quantitative estimate of drug-likeness (QED) is 0.721. The highest BCUT2D eigenvalue weighted by Gasteiger charge is 2.50. The first kappa shape index (κ1) is 16.4. The second kappa shape index (κ2) is 5.69. The molecule has 1 aliphatic rings. The standard InChI is InChI=1S/C18H23BrO2/c1-6-12-10-14(19)9-8-13(12)11-15-16(20)18(5,7-2)21-17(15,3)4/h8-11H,6-7H2,1-5H3/b15-11-. The van der Waals surface area contributed by atoms with E-state index in [-0.39, 0.29) is 5.78 Å². The van der Waals surface area contributed by atoms with E-state index in [1.807, 2.05) is 39.8 Å². The van der Waals surface area contributed by atoms with Crippen LogP contribution in [-0.2, 0) is 16.0 Å². The first-order valence-corrected chi connectivity index (χ1v) is 8.28. The zero-order valence-electron chi connectivity index (χ0n) is 13.4. The van der Waals surface area contributed by atoms with E-state index in [0.717, 1.165) is 22.0 Å². The summed E-state index contributed by atoms with van der Waals surface area (Å²) in [5.74, 6) is 0.111. The van der Waals surface area contributed by atoms with Crippen molar-refractivity contribution < 1.29 is 9.53 Å². The summed E-state index contributed by atoms with van der Waals surface area (Å²) >= 11 is 3.50. The van der Waals surface area contributed by atoms with Gasteiger partial charge in [0.1, 0.15) is 5.60 Å². The lowest BCUT2D eigenvalue weighted by Gasteiger charge is -2.24. The van der Waals surface area contributed by atoms with E-state index in [4.69, 9.17) is 4.74 Å². The first-order chi connectivity index (χ1) is 9.73. The number of ether oxygens (including phenoxy) is 1. The Morgan fingerprint density at radius 3 is 2.43 bits per heavy atom. The Kier molecular flexibility index (Phi) is 4.46. The normalized spacial score (nSPS) is 26.6. The molecule has 0 radical (unpaired) electrons. The van der Waals surface area contributed by atoms with Crippen LogP contribution in [0.4, 0.5) is 0 Å². The minimum Gasteiger partial charge on any atom is -0.356 e. The van der Waals surface area contributed by atoms with Crippen LogP contribution in [0.25, 0.3) is 6.08 Å². The van der Waals surface area contributed by atoms with Gasteiger partial charge in [0.25, 0.3) is 0 Å². The number of aryl methyl sites for hydroxylation is 1. The Hall–Kier alpha value is -0.930. The van der Waals surface area contributed by atoms with Gasteiger partial charge in [0, 0.05) is 10.0 Å². The van der Waals surface area contributed by atoms with Crippen LogP contribution in [0.2, 0.25) is 0 Å². The largest absolute Gasteiger partial charge is 0.356 e. The fraction of sp³-hybridized carbons (Fsp3) is 0.500. The lowest BCUT2D eigenvalue weighted by Crippen LogP contribution is -2.32. The predicted octanol–water partition coefficient (Wildman–Crippen LogP) is 4.94. The van der Waals surface area contributed by atoms with Gasteiger partial charge in [0.2, 0.25) is 0 Å². The van der Waals surface area contributed by atoms with Crippen LogP contribution in [0.5, 0.6) is 0 Å². The van der Waals surface area contributed by atoms with Crippen molar-refractivity contribution in [2.24, 2.45) is 0 Å². The Balaban J connectivity index is 2.52. The molecule has 0 spiro atoms. The Labute approximate surface area is 135 Å². The molecule has 0 saturated carbocycles. The maximum atomic E-state index is 12.7. The summed E-state index contributed by atoms with van der Waals surface area (Å²) in [4.78, 5) is 12.7. The van der Waals surface area contributed by atoms with Crippen molar-refractivity contribution in [2.75, 3.05) is 0 Å². The zero-order chi connectivity index (χ0) is 15.8. The van der Waals surface area contributed by atoms with Gasteiger partial charge in [0.05, 0.1) is 5.60 Å². The summed E-state index contributed by atoms with van der Waals surface area (Å²) in [5, 5.41) is 0. The van der Waals surface area contributed by atoms with E-state index in [1.165, 1.54) is 5.56 Å². The molecule has 0 N–H and O–H groups in total. The summed E-state index contributed by atoms with van der Waals surface area (Å²) < 4.78 is 7.12. The highest BCUT2D eigenvalue weighted by Crippen LogP contribution is 2.41. The monoisotopic (exact) mass is 350 g/mol. The van der Waals surface area contributed by atoms with Crippen molar-refractivity contribution in [1.82, 2.24) is 0 Å². The highest BCUT2D eigenvalue weighted by molar-refractivity contribution is 9.10.